The number of nitrogens with two attached hydrogens (primary N) is 1. The van der Waals surface area contributed by atoms with Gasteiger partial charge in [-0.25, -0.2) is 4.79 Å². The van der Waals surface area contributed by atoms with Crippen LogP contribution in [0, 0.1) is 5.92 Å². The minimum Gasteiger partial charge on any atom is -0.481 e. The number of hydrogen-bond acceptors (Lipinski definition) is 8. The third-order valence-corrected chi connectivity index (χ3v) is 5.95. The van der Waals surface area contributed by atoms with E-state index in [4.69, 9.17) is 15.9 Å². The van der Waals surface area contributed by atoms with Gasteiger partial charge < -0.3 is 37.0 Å². The van der Waals surface area contributed by atoms with Crippen molar-refractivity contribution in [2.75, 3.05) is 12.0 Å². The first-order valence-corrected chi connectivity index (χ1v) is 12.5. The van der Waals surface area contributed by atoms with E-state index in [0.29, 0.717) is 12.2 Å². The Bertz CT molecular complexity index is 765. The van der Waals surface area contributed by atoms with Crippen molar-refractivity contribution in [1.82, 2.24) is 16.0 Å². The van der Waals surface area contributed by atoms with E-state index in [1.54, 1.807) is 20.1 Å². The van der Waals surface area contributed by atoms with E-state index in [9.17, 15) is 33.9 Å². The summed E-state index contributed by atoms with van der Waals surface area (Å²) in [6.07, 6.45) is 1.07. The Labute approximate surface area is 208 Å². The summed E-state index contributed by atoms with van der Waals surface area (Å²) >= 11 is 1.41. The molecule has 0 heterocycles. The molecule has 35 heavy (non-hydrogen) atoms. The molecule has 8 N–H and O–H groups in total. The number of carboxylic acids is 3. The summed E-state index contributed by atoms with van der Waals surface area (Å²) in [5, 5.41) is 34.4. The molecule has 0 aromatic carbocycles. The van der Waals surface area contributed by atoms with Crippen molar-refractivity contribution in [3.8, 4) is 0 Å². The standard InChI is InChI=1S/C21H36N4O9S/c1-4-11(2)17(20(32)24-14(21(33)34)9-10-35-3)25-19(31)13(6-8-16(28)29)23-18(30)12(22)5-7-15(26)27/h11-14,17H,4-10,22H2,1-3H3,(H,23,30)(H,24,32)(H,25,31)(H,26,27)(H,28,29)(H,33,34). The van der Waals surface area contributed by atoms with Crippen molar-refractivity contribution < 1.29 is 44.1 Å². The van der Waals surface area contributed by atoms with Crippen LogP contribution >= 0.6 is 11.8 Å². The van der Waals surface area contributed by atoms with Crippen LogP contribution in [0.5, 0.6) is 0 Å². The summed E-state index contributed by atoms with van der Waals surface area (Å²) in [4.78, 5) is 71.4. The van der Waals surface area contributed by atoms with Gasteiger partial charge in [0.05, 0.1) is 6.04 Å². The molecular formula is C21H36N4O9S. The Kier molecular flexibility index (Phi) is 15.3. The van der Waals surface area contributed by atoms with Gasteiger partial charge in [0.2, 0.25) is 17.7 Å². The topological polar surface area (TPSA) is 225 Å². The second kappa shape index (κ2) is 16.7. The average molecular weight is 521 g/mol. The molecule has 0 aliphatic rings. The van der Waals surface area contributed by atoms with Crippen molar-refractivity contribution in [2.45, 2.75) is 76.5 Å². The second-order valence-corrected chi connectivity index (χ2v) is 9.07. The number of hydrogen-bond donors (Lipinski definition) is 7. The lowest BCUT2D eigenvalue weighted by atomic mass is 9.97. The van der Waals surface area contributed by atoms with E-state index in [0.717, 1.165) is 0 Å². The predicted octanol–water partition coefficient (Wildman–Crippen LogP) is -0.618. The van der Waals surface area contributed by atoms with Crippen LogP contribution in [-0.4, -0.2) is 87.1 Å². The molecule has 14 heteroatoms. The van der Waals surface area contributed by atoms with Crippen molar-refractivity contribution in [3.05, 3.63) is 0 Å². The summed E-state index contributed by atoms with van der Waals surface area (Å²) < 4.78 is 0. The molecule has 0 saturated heterocycles. The third kappa shape index (κ3) is 13.0. The van der Waals surface area contributed by atoms with Crippen molar-refractivity contribution >= 4 is 47.4 Å². The molecule has 0 rings (SSSR count). The summed E-state index contributed by atoms with van der Waals surface area (Å²) in [5.41, 5.74) is 5.67. The number of nitrogens with one attached hydrogen (secondary N) is 3. The molecule has 5 atom stereocenters. The first-order chi connectivity index (χ1) is 16.3. The third-order valence-electron chi connectivity index (χ3n) is 5.30. The first-order valence-electron chi connectivity index (χ1n) is 11.2. The predicted molar refractivity (Wildman–Crippen MR) is 128 cm³/mol. The Hall–Kier alpha value is -2.87. The Balaban J connectivity index is 5.56. The van der Waals surface area contributed by atoms with Crippen LogP contribution in [-0.2, 0) is 28.8 Å². The molecule has 0 fully saturated rings. The number of carboxylic acid groups (broad SMARTS) is 3. The molecule has 0 aromatic heterocycles. The lowest BCUT2D eigenvalue weighted by Crippen LogP contribution is -2.58. The summed E-state index contributed by atoms with van der Waals surface area (Å²) in [5.74, 6) is -5.93. The molecule has 0 radical (unpaired) electrons. The maximum absolute atomic E-state index is 13.0. The number of carbonyl (C=O) groups is 6. The minimum absolute atomic E-state index is 0.176. The molecular weight excluding hydrogens is 484 g/mol. The lowest BCUT2D eigenvalue weighted by Gasteiger charge is -2.28. The van der Waals surface area contributed by atoms with Crippen LogP contribution in [0.4, 0.5) is 0 Å². The smallest absolute Gasteiger partial charge is 0.326 e. The van der Waals surface area contributed by atoms with Gasteiger partial charge in [-0.1, -0.05) is 20.3 Å². The zero-order chi connectivity index (χ0) is 27.1. The molecule has 13 nitrogen and oxygen atoms in total. The fourth-order valence-electron chi connectivity index (χ4n) is 2.94. The Morgan fingerprint density at radius 2 is 1.34 bits per heavy atom. The van der Waals surface area contributed by atoms with Crippen molar-refractivity contribution in [1.29, 1.82) is 0 Å². The van der Waals surface area contributed by atoms with Crippen molar-refractivity contribution in [2.24, 2.45) is 11.7 Å². The number of thioether (sulfide) groups is 1. The van der Waals surface area contributed by atoms with Crippen LogP contribution in [0.3, 0.4) is 0 Å². The van der Waals surface area contributed by atoms with Gasteiger partial charge in [-0.15, -0.1) is 0 Å². The fourth-order valence-corrected chi connectivity index (χ4v) is 3.41. The summed E-state index contributed by atoms with van der Waals surface area (Å²) in [7, 11) is 0. The molecule has 0 aliphatic carbocycles. The van der Waals surface area contributed by atoms with E-state index in [1.807, 2.05) is 0 Å². The van der Waals surface area contributed by atoms with Crippen molar-refractivity contribution in [3.63, 3.8) is 0 Å². The molecule has 0 bridgehead atoms. The SMILES string of the molecule is CCC(C)C(NC(=O)C(CCC(=O)O)NC(=O)C(N)CCC(=O)O)C(=O)NC(CCSC)C(=O)O. The van der Waals surface area contributed by atoms with Gasteiger partial charge in [-0.05, 0) is 37.2 Å². The van der Waals surface area contributed by atoms with Gasteiger partial charge in [-0.3, -0.25) is 24.0 Å². The number of amides is 3. The van der Waals surface area contributed by atoms with Crippen LogP contribution < -0.4 is 21.7 Å². The molecule has 200 valence electrons. The molecule has 0 aliphatic heterocycles. The second-order valence-electron chi connectivity index (χ2n) is 8.09. The van der Waals surface area contributed by atoms with Gasteiger partial charge in [0, 0.05) is 12.8 Å². The van der Waals surface area contributed by atoms with Crippen LogP contribution in [0.1, 0.15) is 52.4 Å². The largest absolute Gasteiger partial charge is 0.481 e. The van der Waals surface area contributed by atoms with Gasteiger partial charge in [-0.2, -0.15) is 11.8 Å². The fraction of sp³-hybridized carbons (Fsp3) is 0.714. The highest BCUT2D eigenvalue weighted by atomic mass is 32.2. The number of rotatable bonds is 18. The Morgan fingerprint density at radius 1 is 0.800 bits per heavy atom. The van der Waals surface area contributed by atoms with Gasteiger partial charge >= 0.3 is 17.9 Å². The molecule has 5 unspecified atom stereocenters. The summed E-state index contributed by atoms with van der Waals surface area (Å²) in [6.45, 7) is 3.44. The highest BCUT2D eigenvalue weighted by Gasteiger charge is 2.32. The Morgan fingerprint density at radius 3 is 1.83 bits per heavy atom. The molecule has 3 amide bonds. The highest BCUT2D eigenvalue weighted by molar-refractivity contribution is 7.98. The number of aliphatic carboxylic acids is 3. The monoisotopic (exact) mass is 520 g/mol. The summed E-state index contributed by atoms with van der Waals surface area (Å²) in [6, 6.07) is -4.91. The van der Waals surface area contributed by atoms with E-state index in [2.05, 4.69) is 16.0 Å². The maximum atomic E-state index is 13.0. The van der Waals surface area contributed by atoms with Gasteiger partial charge in [0.1, 0.15) is 18.1 Å². The van der Waals surface area contributed by atoms with Gasteiger partial charge in [0.25, 0.3) is 0 Å². The number of carbonyl (C=O) groups excluding carboxylic acids is 3. The van der Waals surface area contributed by atoms with Crippen LogP contribution in [0.15, 0.2) is 0 Å². The van der Waals surface area contributed by atoms with Gasteiger partial charge in [0.15, 0.2) is 0 Å². The van der Waals surface area contributed by atoms with Crippen LogP contribution in [0.25, 0.3) is 0 Å². The zero-order valence-electron chi connectivity index (χ0n) is 20.1. The van der Waals surface area contributed by atoms with E-state index in [1.165, 1.54) is 11.8 Å². The quantitative estimate of drug-likeness (QED) is 0.120. The molecule has 0 saturated carbocycles. The minimum atomic E-state index is -1.36. The molecule has 0 aromatic rings. The highest BCUT2D eigenvalue weighted by Crippen LogP contribution is 2.11. The molecule has 0 spiro atoms. The van der Waals surface area contributed by atoms with Crippen LogP contribution in [0.2, 0.25) is 0 Å². The van der Waals surface area contributed by atoms with E-state index >= 15 is 0 Å². The zero-order valence-corrected chi connectivity index (χ0v) is 20.9. The first kappa shape index (κ1) is 32.1. The van der Waals surface area contributed by atoms with E-state index < -0.39 is 72.1 Å². The average Bonchev–Trinajstić information content (AvgIpc) is 2.79. The normalized spacial score (nSPS) is 15.1. The maximum Gasteiger partial charge on any atom is 0.326 e. The lowest BCUT2D eigenvalue weighted by molar-refractivity contribution is -0.142. The van der Waals surface area contributed by atoms with E-state index in [-0.39, 0.29) is 25.7 Å².